The minimum absolute atomic E-state index is 0.0687. The summed E-state index contributed by atoms with van der Waals surface area (Å²) in [7, 11) is 0. The van der Waals surface area contributed by atoms with Crippen molar-refractivity contribution < 1.29 is 4.79 Å². The van der Waals surface area contributed by atoms with Gasteiger partial charge in [0.1, 0.15) is 16.9 Å². The van der Waals surface area contributed by atoms with Crippen LogP contribution >= 0.6 is 0 Å². The van der Waals surface area contributed by atoms with Crippen LogP contribution in [0.2, 0.25) is 0 Å². The fourth-order valence-corrected chi connectivity index (χ4v) is 3.17. The fourth-order valence-electron chi connectivity index (χ4n) is 3.17. The number of aromatic nitrogens is 3. The smallest absolute Gasteiger partial charge is 0.256 e. The number of pyridine rings is 3. The predicted molar refractivity (Wildman–Crippen MR) is 120 cm³/mol. The van der Waals surface area contributed by atoms with Crippen molar-refractivity contribution >= 4 is 16.9 Å². The molecule has 0 spiro atoms. The number of carbonyl (C=O) groups is 1. The second-order valence-corrected chi connectivity index (χ2v) is 7.26. The molecule has 152 valence electrons. The summed E-state index contributed by atoms with van der Waals surface area (Å²) in [4.78, 5) is 34.2. The molecule has 0 atom stereocenters. The highest BCUT2D eigenvalue weighted by atomic mass is 16.2. The maximum atomic E-state index is 12.9. The number of nitrogens with zero attached hydrogens (tertiary/aromatic N) is 3. The minimum atomic E-state index is -0.411. The molecule has 31 heavy (non-hydrogen) atoms. The highest BCUT2D eigenvalue weighted by Crippen LogP contribution is 2.17. The van der Waals surface area contributed by atoms with Gasteiger partial charge in [-0.25, -0.2) is 9.97 Å². The number of hydrogen-bond donors (Lipinski definition) is 1. The van der Waals surface area contributed by atoms with Gasteiger partial charge in [0.25, 0.3) is 5.91 Å². The van der Waals surface area contributed by atoms with E-state index in [2.05, 4.69) is 27.1 Å². The molecule has 0 unspecified atom stereocenters. The molecule has 1 N–H and O–H groups in total. The third-order valence-corrected chi connectivity index (χ3v) is 4.55. The lowest BCUT2D eigenvalue weighted by Gasteiger charge is -2.14. The molecule has 6 heteroatoms. The first-order chi connectivity index (χ1) is 15.0. The van der Waals surface area contributed by atoms with Crippen molar-refractivity contribution in [3.05, 3.63) is 100 Å². The van der Waals surface area contributed by atoms with Crippen molar-refractivity contribution in [2.45, 2.75) is 19.9 Å². The van der Waals surface area contributed by atoms with Crippen molar-refractivity contribution in [1.29, 1.82) is 0 Å². The molecule has 0 radical (unpaired) electrons. The molecule has 0 fully saturated rings. The van der Waals surface area contributed by atoms with E-state index < -0.39 is 5.91 Å². The molecule has 4 aromatic rings. The Hall–Kier alpha value is -4.24. The summed E-state index contributed by atoms with van der Waals surface area (Å²) in [6, 6.07) is 16.4. The van der Waals surface area contributed by atoms with E-state index in [0.29, 0.717) is 16.7 Å². The molecule has 3 aromatic heterocycles. The van der Waals surface area contributed by atoms with E-state index >= 15 is 0 Å². The number of amides is 1. The van der Waals surface area contributed by atoms with Crippen molar-refractivity contribution in [3.63, 3.8) is 0 Å². The quantitative estimate of drug-likeness (QED) is 0.528. The van der Waals surface area contributed by atoms with Gasteiger partial charge in [0, 0.05) is 35.9 Å². The molecule has 0 saturated carbocycles. The zero-order chi connectivity index (χ0) is 21.8. The number of benzene rings is 1. The Morgan fingerprint density at radius 1 is 1.00 bits per heavy atom. The first-order valence-corrected chi connectivity index (χ1v) is 9.87. The Morgan fingerprint density at radius 3 is 2.61 bits per heavy atom. The lowest BCUT2D eigenvalue weighted by molar-refractivity contribution is 0.0941. The summed E-state index contributed by atoms with van der Waals surface area (Å²) < 4.78 is 1.75. The van der Waals surface area contributed by atoms with Gasteiger partial charge in [-0.15, -0.1) is 0 Å². The molecular formula is C25H20N4O2. The van der Waals surface area contributed by atoms with Crippen LogP contribution in [0.3, 0.4) is 0 Å². The molecule has 4 rings (SSSR count). The molecule has 3 heterocycles. The standard InChI is InChI=1S/C25H20N4O2/c1-17(2)28-25(31)22-16-29(24-21(23(22)30)10-6-14-27-24)20-9-5-7-18(15-20)11-12-19-8-3-4-13-26-19/h3-10,13-17H,1-2H3,(H,28,31). The van der Waals surface area contributed by atoms with Crippen LogP contribution in [0.25, 0.3) is 16.7 Å². The van der Waals surface area contributed by atoms with Gasteiger partial charge in [-0.1, -0.05) is 18.1 Å². The van der Waals surface area contributed by atoms with Crippen molar-refractivity contribution in [2.75, 3.05) is 0 Å². The molecular weight excluding hydrogens is 388 g/mol. The molecule has 0 aliphatic rings. The summed E-state index contributed by atoms with van der Waals surface area (Å²) in [6.45, 7) is 3.70. The van der Waals surface area contributed by atoms with Crippen molar-refractivity contribution in [1.82, 2.24) is 19.9 Å². The average molecular weight is 408 g/mol. The monoisotopic (exact) mass is 408 g/mol. The second-order valence-electron chi connectivity index (χ2n) is 7.26. The maximum absolute atomic E-state index is 12.9. The number of hydrogen-bond acceptors (Lipinski definition) is 4. The van der Waals surface area contributed by atoms with Gasteiger partial charge in [-0.2, -0.15) is 0 Å². The molecule has 0 aliphatic carbocycles. The first kappa shape index (κ1) is 20.0. The third-order valence-electron chi connectivity index (χ3n) is 4.55. The summed E-state index contributed by atoms with van der Waals surface area (Å²) in [6.07, 6.45) is 4.86. The van der Waals surface area contributed by atoms with Gasteiger partial charge in [0.2, 0.25) is 5.43 Å². The summed E-state index contributed by atoms with van der Waals surface area (Å²) in [5, 5.41) is 3.17. The van der Waals surface area contributed by atoms with E-state index in [4.69, 9.17) is 0 Å². The normalized spacial score (nSPS) is 10.5. The van der Waals surface area contributed by atoms with E-state index in [1.807, 2.05) is 56.3 Å². The lowest BCUT2D eigenvalue weighted by atomic mass is 10.1. The average Bonchev–Trinajstić information content (AvgIpc) is 2.78. The Balaban J connectivity index is 1.85. The molecule has 1 aromatic carbocycles. The Labute approximate surface area is 179 Å². The van der Waals surface area contributed by atoms with Crippen molar-refractivity contribution in [3.8, 4) is 17.5 Å². The van der Waals surface area contributed by atoms with Crippen LogP contribution in [0.5, 0.6) is 0 Å². The van der Waals surface area contributed by atoms with Crippen LogP contribution in [0.1, 0.15) is 35.5 Å². The zero-order valence-electron chi connectivity index (χ0n) is 17.2. The largest absolute Gasteiger partial charge is 0.350 e. The highest BCUT2D eigenvalue weighted by molar-refractivity contribution is 5.97. The highest BCUT2D eigenvalue weighted by Gasteiger charge is 2.17. The Kier molecular flexibility index (Phi) is 5.59. The van der Waals surface area contributed by atoms with E-state index in [1.165, 1.54) is 0 Å². The van der Waals surface area contributed by atoms with E-state index in [1.54, 1.807) is 35.3 Å². The molecule has 6 nitrogen and oxygen atoms in total. The SMILES string of the molecule is CC(C)NC(=O)c1cn(-c2cccc(C#Cc3ccccn3)c2)c2ncccc2c1=O. The predicted octanol–water partition coefficient (Wildman–Crippen LogP) is 3.32. The van der Waals surface area contributed by atoms with Gasteiger partial charge in [-0.3, -0.25) is 9.59 Å². The van der Waals surface area contributed by atoms with E-state index in [-0.39, 0.29) is 17.0 Å². The third kappa shape index (κ3) is 4.36. The number of carbonyl (C=O) groups excluding carboxylic acids is 1. The van der Waals surface area contributed by atoms with Gasteiger partial charge in [-0.05, 0) is 62.2 Å². The first-order valence-electron chi connectivity index (χ1n) is 9.87. The number of nitrogens with one attached hydrogen (secondary N) is 1. The van der Waals surface area contributed by atoms with Crippen LogP contribution in [0, 0.1) is 11.8 Å². The van der Waals surface area contributed by atoms with Crippen LogP contribution in [-0.2, 0) is 0 Å². The Bertz CT molecular complexity index is 1380. The molecule has 0 aliphatic heterocycles. The second kappa shape index (κ2) is 8.64. The van der Waals surface area contributed by atoms with Crippen LogP contribution < -0.4 is 10.7 Å². The maximum Gasteiger partial charge on any atom is 0.256 e. The zero-order valence-corrected chi connectivity index (χ0v) is 17.2. The van der Waals surface area contributed by atoms with Crippen LogP contribution in [0.15, 0.2) is 78.0 Å². The molecule has 0 bridgehead atoms. The summed E-state index contributed by atoms with van der Waals surface area (Å²) >= 11 is 0. The van der Waals surface area contributed by atoms with Gasteiger partial charge >= 0.3 is 0 Å². The minimum Gasteiger partial charge on any atom is -0.350 e. The van der Waals surface area contributed by atoms with Gasteiger partial charge < -0.3 is 9.88 Å². The van der Waals surface area contributed by atoms with Crippen LogP contribution in [-0.4, -0.2) is 26.5 Å². The number of rotatable bonds is 3. The van der Waals surface area contributed by atoms with Crippen molar-refractivity contribution in [2.24, 2.45) is 0 Å². The van der Waals surface area contributed by atoms with E-state index in [9.17, 15) is 9.59 Å². The number of fused-ring (bicyclic) bond motifs is 1. The van der Waals surface area contributed by atoms with Crippen LogP contribution in [0.4, 0.5) is 0 Å². The lowest BCUT2D eigenvalue weighted by Crippen LogP contribution is -2.34. The summed E-state index contributed by atoms with van der Waals surface area (Å²) in [5.74, 6) is 5.73. The van der Waals surface area contributed by atoms with Gasteiger partial charge in [0.05, 0.1) is 5.39 Å². The molecule has 1 amide bonds. The van der Waals surface area contributed by atoms with E-state index in [0.717, 1.165) is 11.3 Å². The summed E-state index contributed by atoms with van der Waals surface area (Å²) in [5.41, 5.74) is 2.40. The topological polar surface area (TPSA) is 76.9 Å². The Morgan fingerprint density at radius 2 is 1.84 bits per heavy atom. The fraction of sp³-hybridized carbons (Fsp3) is 0.120. The van der Waals surface area contributed by atoms with Gasteiger partial charge in [0.15, 0.2) is 0 Å². The molecule has 0 saturated heterocycles.